The lowest BCUT2D eigenvalue weighted by Gasteiger charge is -2.07. The second-order valence-corrected chi connectivity index (χ2v) is 3.36. The summed E-state index contributed by atoms with van der Waals surface area (Å²) >= 11 is 0. The molecule has 1 aromatic heterocycles. The number of nitrogens with zero attached hydrogens (tertiary/aromatic N) is 1. The van der Waals surface area contributed by atoms with E-state index in [2.05, 4.69) is 15.5 Å². The first kappa shape index (κ1) is 10.4. The first-order valence-corrected chi connectivity index (χ1v) is 4.38. The molecule has 1 rings (SSSR count). The highest BCUT2D eigenvalue weighted by atomic mass is 16.2. The van der Waals surface area contributed by atoms with E-state index in [-0.39, 0.29) is 23.1 Å². The van der Waals surface area contributed by atoms with Crippen LogP contribution >= 0.6 is 0 Å². The van der Waals surface area contributed by atoms with Gasteiger partial charge in [0.25, 0.3) is 5.91 Å². The van der Waals surface area contributed by atoms with Crippen LogP contribution in [0, 0.1) is 6.92 Å². The summed E-state index contributed by atoms with van der Waals surface area (Å²) in [5.41, 5.74) is 0.304. The minimum absolute atomic E-state index is 0.0345. The maximum absolute atomic E-state index is 11.4. The lowest BCUT2D eigenvalue weighted by molar-refractivity contribution is 0.0937. The number of amides is 1. The molecule has 0 aliphatic carbocycles. The van der Waals surface area contributed by atoms with Crippen LogP contribution in [0.4, 0.5) is 0 Å². The largest absolute Gasteiger partial charge is 0.349 e. The predicted molar refractivity (Wildman–Crippen MR) is 52.2 cm³/mol. The molecule has 0 saturated heterocycles. The third-order valence-electron chi connectivity index (χ3n) is 1.64. The average Bonchev–Trinajstić information content (AvgIpc) is 2.08. The number of aryl methyl sites for hydroxylation is 1. The van der Waals surface area contributed by atoms with Crippen LogP contribution in [0.1, 0.15) is 30.0 Å². The molecule has 0 spiro atoms. The number of carbonyl (C=O) groups excluding carboxylic acids is 1. The Balaban J connectivity index is 2.92. The van der Waals surface area contributed by atoms with Gasteiger partial charge in [0.2, 0.25) is 5.43 Å². The van der Waals surface area contributed by atoms with Crippen molar-refractivity contribution in [2.24, 2.45) is 0 Å². The van der Waals surface area contributed by atoms with Crippen molar-refractivity contribution >= 4 is 5.91 Å². The standard InChI is InChI=1S/C9H13N3O2/c1-5(2)10-9(14)7-4-8(13)6(3)11-12-7/h4-5H,1-3H3,(H,10,14)(H,12,13). The molecular formula is C9H13N3O2. The minimum Gasteiger partial charge on any atom is -0.349 e. The van der Waals surface area contributed by atoms with Gasteiger partial charge in [-0.15, -0.1) is 0 Å². The SMILES string of the molecule is Cc1n[nH]c(C(=O)NC(C)C)cc1=O. The number of carbonyl (C=O) groups is 1. The monoisotopic (exact) mass is 195 g/mol. The van der Waals surface area contributed by atoms with Crippen molar-refractivity contribution in [2.75, 3.05) is 0 Å². The second kappa shape index (κ2) is 4.04. The number of hydrogen-bond acceptors (Lipinski definition) is 3. The van der Waals surface area contributed by atoms with E-state index >= 15 is 0 Å². The Morgan fingerprint density at radius 1 is 1.57 bits per heavy atom. The van der Waals surface area contributed by atoms with Crippen LogP contribution in [0.2, 0.25) is 0 Å². The minimum atomic E-state index is -0.315. The summed E-state index contributed by atoms with van der Waals surface area (Å²) in [6.07, 6.45) is 0. The normalized spacial score (nSPS) is 10.3. The van der Waals surface area contributed by atoms with Gasteiger partial charge in [-0.3, -0.25) is 14.7 Å². The number of H-pyrrole nitrogens is 1. The zero-order chi connectivity index (χ0) is 10.7. The average molecular weight is 195 g/mol. The quantitative estimate of drug-likeness (QED) is 0.708. The molecule has 1 aromatic rings. The molecule has 1 heterocycles. The van der Waals surface area contributed by atoms with Gasteiger partial charge in [0.05, 0.1) is 0 Å². The Hall–Kier alpha value is -1.65. The Morgan fingerprint density at radius 3 is 2.71 bits per heavy atom. The Labute approximate surface area is 81.5 Å². The molecule has 14 heavy (non-hydrogen) atoms. The van der Waals surface area contributed by atoms with Gasteiger partial charge in [0.15, 0.2) is 0 Å². The van der Waals surface area contributed by atoms with Crippen LogP contribution in [0.5, 0.6) is 0 Å². The van der Waals surface area contributed by atoms with Gasteiger partial charge in [-0.25, -0.2) is 0 Å². The van der Waals surface area contributed by atoms with E-state index in [1.54, 1.807) is 6.92 Å². The van der Waals surface area contributed by atoms with E-state index < -0.39 is 0 Å². The van der Waals surface area contributed by atoms with Gasteiger partial charge < -0.3 is 5.32 Å². The number of hydrogen-bond donors (Lipinski definition) is 2. The predicted octanol–water partition coefficient (Wildman–Crippen LogP) is 0.217. The van der Waals surface area contributed by atoms with Gasteiger partial charge in [-0.1, -0.05) is 0 Å². The smallest absolute Gasteiger partial charge is 0.269 e. The van der Waals surface area contributed by atoms with E-state index in [4.69, 9.17) is 0 Å². The Bertz CT molecular complexity index is 395. The zero-order valence-corrected chi connectivity index (χ0v) is 8.42. The first-order chi connectivity index (χ1) is 6.50. The molecule has 0 radical (unpaired) electrons. The van der Waals surface area contributed by atoms with Gasteiger partial charge in [-0.2, -0.15) is 5.10 Å². The summed E-state index contributed by atoms with van der Waals surface area (Å²) in [6.45, 7) is 5.28. The third-order valence-corrected chi connectivity index (χ3v) is 1.64. The van der Waals surface area contributed by atoms with E-state index in [1.165, 1.54) is 6.07 Å². The number of rotatable bonds is 2. The van der Waals surface area contributed by atoms with Crippen molar-refractivity contribution in [1.29, 1.82) is 0 Å². The molecule has 0 aliphatic heterocycles. The van der Waals surface area contributed by atoms with E-state index in [9.17, 15) is 9.59 Å². The maximum atomic E-state index is 11.4. The van der Waals surface area contributed by atoms with Crippen molar-refractivity contribution in [2.45, 2.75) is 26.8 Å². The lowest BCUT2D eigenvalue weighted by atomic mass is 10.3. The number of aromatic nitrogens is 2. The summed E-state index contributed by atoms with van der Waals surface area (Å²) in [5.74, 6) is -0.315. The van der Waals surface area contributed by atoms with Crippen LogP contribution in [0.3, 0.4) is 0 Å². The second-order valence-electron chi connectivity index (χ2n) is 3.36. The molecule has 0 fully saturated rings. The molecule has 0 bridgehead atoms. The Morgan fingerprint density at radius 2 is 2.21 bits per heavy atom. The van der Waals surface area contributed by atoms with Crippen LogP contribution in [-0.4, -0.2) is 22.1 Å². The van der Waals surface area contributed by atoms with Crippen molar-refractivity contribution in [3.05, 3.63) is 27.7 Å². The molecule has 5 heteroatoms. The highest BCUT2D eigenvalue weighted by molar-refractivity contribution is 5.92. The van der Waals surface area contributed by atoms with E-state index in [0.717, 1.165) is 0 Å². The van der Waals surface area contributed by atoms with Gasteiger partial charge in [-0.05, 0) is 20.8 Å². The van der Waals surface area contributed by atoms with Crippen molar-refractivity contribution in [3.8, 4) is 0 Å². The molecule has 5 nitrogen and oxygen atoms in total. The topological polar surface area (TPSA) is 74.8 Å². The summed E-state index contributed by atoms with van der Waals surface area (Å²) in [7, 11) is 0. The highest BCUT2D eigenvalue weighted by Crippen LogP contribution is 1.90. The summed E-state index contributed by atoms with van der Waals surface area (Å²) in [5, 5.41) is 8.89. The van der Waals surface area contributed by atoms with Crippen LogP contribution < -0.4 is 10.7 Å². The van der Waals surface area contributed by atoms with E-state index in [0.29, 0.717) is 5.69 Å². The fourth-order valence-corrected chi connectivity index (χ4v) is 0.923. The summed E-state index contributed by atoms with van der Waals surface area (Å²) < 4.78 is 0. The lowest BCUT2D eigenvalue weighted by Crippen LogP contribution is -2.32. The highest BCUT2D eigenvalue weighted by Gasteiger charge is 2.08. The molecule has 0 aromatic carbocycles. The van der Waals surface area contributed by atoms with Gasteiger partial charge >= 0.3 is 0 Å². The van der Waals surface area contributed by atoms with Crippen molar-refractivity contribution in [1.82, 2.24) is 15.5 Å². The molecule has 0 unspecified atom stereocenters. The molecule has 0 saturated carbocycles. The molecular weight excluding hydrogens is 182 g/mol. The number of aromatic amines is 1. The molecule has 76 valence electrons. The summed E-state index contributed by atoms with van der Waals surface area (Å²) in [4.78, 5) is 22.6. The van der Waals surface area contributed by atoms with Crippen molar-refractivity contribution in [3.63, 3.8) is 0 Å². The fraction of sp³-hybridized carbons (Fsp3) is 0.444. The molecule has 2 N–H and O–H groups in total. The summed E-state index contributed by atoms with van der Waals surface area (Å²) in [6, 6.07) is 1.28. The van der Waals surface area contributed by atoms with E-state index in [1.807, 2.05) is 13.8 Å². The fourth-order valence-electron chi connectivity index (χ4n) is 0.923. The number of nitrogens with one attached hydrogen (secondary N) is 2. The van der Waals surface area contributed by atoms with Crippen LogP contribution in [0.25, 0.3) is 0 Å². The van der Waals surface area contributed by atoms with Crippen LogP contribution in [0.15, 0.2) is 10.9 Å². The van der Waals surface area contributed by atoms with Crippen LogP contribution in [-0.2, 0) is 0 Å². The van der Waals surface area contributed by atoms with Crippen molar-refractivity contribution < 1.29 is 4.79 Å². The molecule has 0 atom stereocenters. The van der Waals surface area contributed by atoms with Gasteiger partial charge in [0.1, 0.15) is 11.4 Å². The van der Waals surface area contributed by atoms with Gasteiger partial charge in [0, 0.05) is 12.1 Å². The third kappa shape index (κ3) is 2.42. The Kier molecular flexibility index (Phi) is 3.01. The zero-order valence-electron chi connectivity index (χ0n) is 8.42. The first-order valence-electron chi connectivity index (χ1n) is 4.38. The molecule has 1 amide bonds. The molecule has 0 aliphatic rings. The maximum Gasteiger partial charge on any atom is 0.269 e.